The first-order valence-corrected chi connectivity index (χ1v) is 11.1. The highest BCUT2D eigenvalue weighted by atomic mass is 16.7. The van der Waals surface area contributed by atoms with E-state index in [0.29, 0.717) is 35.3 Å². The van der Waals surface area contributed by atoms with Gasteiger partial charge in [0.1, 0.15) is 11.6 Å². The van der Waals surface area contributed by atoms with Gasteiger partial charge in [0.15, 0.2) is 23.0 Å². The van der Waals surface area contributed by atoms with Crippen LogP contribution >= 0.6 is 0 Å². The highest BCUT2D eigenvalue weighted by Gasteiger charge is 2.27. The van der Waals surface area contributed by atoms with Crippen LogP contribution in [0, 0.1) is 0 Å². The normalized spacial score (nSPS) is 16.7. The molecule has 1 atom stereocenters. The Hall–Kier alpha value is -3.45. The van der Waals surface area contributed by atoms with Gasteiger partial charge in [-0.15, -0.1) is 0 Å². The maximum absolute atomic E-state index is 11.2. The van der Waals surface area contributed by atoms with Crippen molar-refractivity contribution in [3.05, 3.63) is 77.5 Å². The van der Waals surface area contributed by atoms with Crippen molar-refractivity contribution in [2.75, 3.05) is 6.79 Å². The summed E-state index contributed by atoms with van der Waals surface area (Å²) < 4.78 is 12.9. The summed E-state index contributed by atoms with van der Waals surface area (Å²) in [6.07, 6.45) is 5.45. The molecule has 1 aliphatic carbocycles. The molecule has 2 aromatic carbocycles. The third kappa shape index (κ3) is 3.39. The number of benzene rings is 2. The number of aromatic nitrogens is 4. The van der Waals surface area contributed by atoms with E-state index in [4.69, 9.17) is 24.4 Å². The van der Waals surface area contributed by atoms with Gasteiger partial charge in [-0.1, -0.05) is 49.2 Å². The second-order valence-corrected chi connectivity index (χ2v) is 8.49. The molecule has 4 aromatic rings. The summed E-state index contributed by atoms with van der Waals surface area (Å²) in [5, 5.41) is 11.2. The van der Waals surface area contributed by atoms with E-state index in [-0.39, 0.29) is 6.79 Å². The first-order chi connectivity index (χ1) is 15.8. The maximum atomic E-state index is 11.2. The molecule has 0 spiro atoms. The second kappa shape index (κ2) is 7.91. The van der Waals surface area contributed by atoms with Crippen molar-refractivity contribution in [2.24, 2.45) is 0 Å². The van der Waals surface area contributed by atoms with Gasteiger partial charge in [0.2, 0.25) is 6.79 Å². The molecular formula is C25H24N4O3. The van der Waals surface area contributed by atoms with Crippen molar-refractivity contribution < 1.29 is 14.6 Å². The second-order valence-electron chi connectivity index (χ2n) is 8.49. The van der Waals surface area contributed by atoms with E-state index in [0.717, 1.165) is 29.7 Å². The van der Waals surface area contributed by atoms with E-state index in [1.807, 2.05) is 41.2 Å². The number of rotatable bonds is 5. The Morgan fingerprint density at radius 3 is 2.66 bits per heavy atom. The molecule has 162 valence electrons. The third-order valence-corrected chi connectivity index (χ3v) is 6.40. The van der Waals surface area contributed by atoms with Crippen molar-refractivity contribution in [2.45, 2.75) is 44.2 Å². The number of ether oxygens (including phenoxy) is 2. The molecule has 0 amide bonds. The molecule has 0 radical (unpaired) electrons. The van der Waals surface area contributed by atoms with E-state index in [2.05, 4.69) is 12.1 Å². The predicted molar refractivity (Wildman–Crippen MR) is 119 cm³/mol. The highest BCUT2D eigenvalue weighted by Crippen LogP contribution is 2.38. The number of imidazole rings is 1. The fourth-order valence-corrected chi connectivity index (χ4v) is 4.72. The molecule has 2 aliphatic rings. The zero-order chi connectivity index (χ0) is 21.5. The van der Waals surface area contributed by atoms with Crippen molar-refractivity contribution in [1.29, 1.82) is 0 Å². The van der Waals surface area contributed by atoms with Crippen molar-refractivity contribution in [3.8, 4) is 11.5 Å². The summed E-state index contributed by atoms with van der Waals surface area (Å²) >= 11 is 0. The highest BCUT2D eigenvalue weighted by molar-refractivity contribution is 5.74. The van der Waals surface area contributed by atoms with Gasteiger partial charge in [-0.25, -0.2) is 15.0 Å². The fourth-order valence-electron chi connectivity index (χ4n) is 4.72. The third-order valence-electron chi connectivity index (χ3n) is 6.40. The molecule has 6 rings (SSSR count). The SMILES string of the molecule is OC(c1ccc2c(c1)OCO2)c1nc(C2CCCC2)c2ncn(Cc3ccccc3)c2n1. The number of hydrogen-bond donors (Lipinski definition) is 1. The molecule has 1 saturated carbocycles. The van der Waals surface area contributed by atoms with Gasteiger partial charge in [0.25, 0.3) is 0 Å². The van der Waals surface area contributed by atoms with Crippen molar-refractivity contribution in [3.63, 3.8) is 0 Å². The van der Waals surface area contributed by atoms with Gasteiger partial charge >= 0.3 is 0 Å². The minimum absolute atomic E-state index is 0.196. The molecule has 1 aliphatic heterocycles. The topological polar surface area (TPSA) is 82.3 Å². The van der Waals surface area contributed by atoms with E-state index in [1.54, 1.807) is 6.07 Å². The first-order valence-electron chi connectivity index (χ1n) is 11.1. The molecule has 1 unspecified atom stereocenters. The van der Waals surface area contributed by atoms with Crippen LogP contribution < -0.4 is 9.47 Å². The zero-order valence-corrected chi connectivity index (χ0v) is 17.6. The van der Waals surface area contributed by atoms with Crippen LogP contribution in [0.15, 0.2) is 54.9 Å². The summed E-state index contributed by atoms with van der Waals surface area (Å²) in [7, 11) is 0. The van der Waals surface area contributed by atoms with E-state index in [9.17, 15) is 5.11 Å². The lowest BCUT2D eigenvalue weighted by Gasteiger charge is -2.15. The predicted octanol–water partition coefficient (Wildman–Crippen LogP) is 4.34. The number of aliphatic hydroxyl groups excluding tert-OH is 1. The summed E-state index contributed by atoms with van der Waals surface area (Å²) in [5.41, 5.74) is 4.41. The molecule has 7 nitrogen and oxygen atoms in total. The summed E-state index contributed by atoms with van der Waals surface area (Å²) in [6.45, 7) is 0.861. The van der Waals surface area contributed by atoms with Crippen LogP contribution in [-0.4, -0.2) is 31.4 Å². The molecule has 7 heteroatoms. The van der Waals surface area contributed by atoms with Gasteiger partial charge in [-0.3, -0.25) is 0 Å². The standard InChI is InChI=1S/C25H24N4O3/c30-23(18-10-11-19-20(12-18)32-15-31-19)24-27-21(17-8-4-5-9-17)22-25(28-24)29(14-26-22)13-16-6-2-1-3-7-16/h1-3,6-7,10-12,14,17,23,30H,4-5,8-9,13,15H2. The largest absolute Gasteiger partial charge is 0.454 e. The van der Waals surface area contributed by atoms with Gasteiger partial charge in [0, 0.05) is 5.92 Å². The Morgan fingerprint density at radius 1 is 1.00 bits per heavy atom. The molecule has 1 N–H and O–H groups in total. The average molecular weight is 428 g/mol. The number of nitrogens with zero attached hydrogens (tertiary/aromatic N) is 4. The monoisotopic (exact) mass is 428 g/mol. The fraction of sp³-hybridized carbons (Fsp3) is 0.320. The molecule has 32 heavy (non-hydrogen) atoms. The Balaban J connectivity index is 1.44. The summed E-state index contributed by atoms with van der Waals surface area (Å²) in [4.78, 5) is 14.4. The van der Waals surface area contributed by atoms with E-state index >= 15 is 0 Å². The Bertz CT molecular complexity index is 1270. The lowest BCUT2D eigenvalue weighted by Crippen LogP contribution is -2.11. The van der Waals surface area contributed by atoms with Gasteiger partial charge in [-0.05, 0) is 36.1 Å². The number of aliphatic hydroxyl groups is 1. The van der Waals surface area contributed by atoms with Gasteiger partial charge in [0.05, 0.1) is 18.6 Å². The lowest BCUT2D eigenvalue weighted by atomic mass is 10.0. The van der Waals surface area contributed by atoms with Crippen LogP contribution in [0.1, 0.15) is 60.4 Å². The number of fused-ring (bicyclic) bond motifs is 2. The Morgan fingerprint density at radius 2 is 1.81 bits per heavy atom. The molecular weight excluding hydrogens is 404 g/mol. The number of hydrogen-bond acceptors (Lipinski definition) is 6. The van der Waals surface area contributed by atoms with Gasteiger partial charge in [-0.2, -0.15) is 0 Å². The quantitative estimate of drug-likeness (QED) is 0.509. The molecule has 1 fully saturated rings. The average Bonchev–Trinajstić information content (AvgIpc) is 3.59. The minimum atomic E-state index is -0.964. The summed E-state index contributed by atoms with van der Waals surface area (Å²) in [5.74, 6) is 2.06. The summed E-state index contributed by atoms with van der Waals surface area (Å²) in [6, 6.07) is 15.7. The van der Waals surface area contributed by atoms with Crippen LogP contribution in [0.4, 0.5) is 0 Å². The molecule has 2 aromatic heterocycles. The smallest absolute Gasteiger partial charge is 0.231 e. The van der Waals surface area contributed by atoms with Crippen molar-refractivity contribution >= 4 is 11.2 Å². The van der Waals surface area contributed by atoms with Crippen LogP contribution in [0.25, 0.3) is 11.2 Å². The van der Waals surface area contributed by atoms with Crippen LogP contribution in [-0.2, 0) is 6.54 Å². The first kappa shape index (κ1) is 19.3. The molecule has 0 bridgehead atoms. The van der Waals surface area contributed by atoms with Crippen molar-refractivity contribution in [1.82, 2.24) is 19.5 Å². The lowest BCUT2D eigenvalue weighted by molar-refractivity contribution is 0.173. The Labute approximate surface area is 185 Å². The molecule has 3 heterocycles. The van der Waals surface area contributed by atoms with E-state index in [1.165, 1.54) is 18.4 Å². The zero-order valence-electron chi connectivity index (χ0n) is 17.6. The maximum Gasteiger partial charge on any atom is 0.231 e. The minimum Gasteiger partial charge on any atom is -0.454 e. The van der Waals surface area contributed by atoms with Gasteiger partial charge < -0.3 is 19.1 Å². The van der Waals surface area contributed by atoms with Crippen LogP contribution in [0.2, 0.25) is 0 Å². The molecule has 0 saturated heterocycles. The van der Waals surface area contributed by atoms with Crippen LogP contribution in [0.5, 0.6) is 11.5 Å². The Kier molecular flexibility index (Phi) is 4.76. The van der Waals surface area contributed by atoms with E-state index < -0.39 is 6.10 Å². The van der Waals surface area contributed by atoms with Crippen LogP contribution in [0.3, 0.4) is 0 Å².